The van der Waals surface area contributed by atoms with Gasteiger partial charge in [-0.15, -0.1) is 6.42 Å². The van der Waals surface area contributed by atoms with Crippen LogP contribution in [0.5, 0.6) is 11.5 Å². The Kier molecular flexibility index (Phi) is 6.95. The normalized spacial score (nSPS) is 10.0. The van der Waals surface area contributed by atoms with Crippen molar-refractivity contribution in [3.63, 3.8) is 0 Å². The lowest BCUT2D eigenvalue weighted by Gasteiger charge is -2.21. The monoisotopic (exact) mass is 369 g/mol. The van der Waals surface area contributed by atoms with Crippen molar-refractivity contribution >= 4 is 11.7 Å². The number of carbonyl (C=O) groups is 2. The highest BCUT2D eigenvalue weighted by molar-refractivity contribution is 5.94. The highest BCUT2D eigenvalue weighted by Crippen LogP contribution is 2.28. The Morgan fingerprint density at radius 1 is 1.15 bits per heavy atom. The van der Waals surface area contributed by atoms with Crippen molar-refractivity contribution in [2.45, 2.75) is 13.5 Å². The predicted molar refractivity (Wildman–Crippen MR) is 99.1 cm³/mol. The molecule has 0 heterocycles. The van der Waals surface area contributed by atoms with E-state index in [4.69, 9.17) is 15.9 Å². The summed E-state index contributed by atoms with van der Waals surface area (Å²) in [5.41, 5.74) is 1.24. The third-order valence-electron chi connectivity index (χ3n) is 3.84. The van der Waals surface area contributed by atoms with Gasteiger partial charge in [0.05, 0.1) is 13.7 Å². The van der Waals surface area contributed by atoms with E-state index in [1.54, 1.807) is 30.3 Å². The van der Waals surface area contributed by atoms with Gasteiger partial charge in [-0.3, -0.25) is 9.59 Å². The second-order valence-electron chi connectivity index (χ2n) is 5.79. The molecule has 0 N–H and O–H groups in total. The first-order chi connectivity index (χ1) is 12.9. The summed E-state index contributed by atoms with van der Waals surface area (Å²) in [6.45, 7) is 1.54. The maximum Gasteiger partial charge on any atom is 0.261 e. The summed E-state index contributed by atoms with van der Waals surface area (Å²) in [5.74, 6) is 2.36. The number of benzene rings is 2. The number of rotatable bonds is 8. The summed E-state index contributed by atoms with van der Waals surface area (Å²) >= 11 is 0. The van der Waals surface area contributed by atoms with Gasteiger partial charge in [0.2, 0.25) is 0 Å². The zero-order valence-electron chi connectivity index (χ0n) is 15.2. The third kappa shape index (κ3) is 5.58. The zero-order chi connectivity index (χ0) is 19.8. The number of methoxy groups -OCH3 is 1. The largest absolute Gasteiger partial charge is 0.493 e. The first-order valence-corrected chi connectivity index (χ1v) is 8.22. The smallest absolute Gasteiger partial charge is 0.261 e. The number of nitrogens with zero attached hydrogens (tertiary/aromatic N) is 1. The fourth-order valence-electron chi connectivity index (χ4n) is 2.39. The summed E-state index contributed by atoms with van der Waals surface area (Å²) in [4.78, 5) is 25.4. The van der Waals surface area contributed by atoms with Gasteiger partial charge >= 0.3 is 0 Å². The van der Waals surface area contributed by atoms with Crippen molar-refractivity contribution in [3.05, 3.63) is 59.4 Å². The zero-order valence-corrected chi connectivity index (χ0v) is 15.2. The van der Waals surface area contributed by atoms with Crippen LogP contribution in [0.15, 0.2) is 42.5 Å². The van der Waals surface area contributed by atoms with Gasteiger partial charge in [-0.25, -0.2) is 4.39 Å². The van der Waals surface area contributed by atoms with Crippen LogP contribution in [0.1, 0.15) is 22.8 Å². The number of terminal acetylenes is 1. The van der Waals surface area contributed by atoms with Crippen LogP contribution in [0.3, 0.4) is 0 Å². The molecule has 6 heteroatoms. The highest BCUT2D eigenvalue weighted by atomic mass is 19.1. The Bertz CT molecular complexity index is 855. The lowest BCUT2D eigenvalue weighted by molar-refractivity contribution is -0.133. The molecule has 0 aliphatic carbocycles. The van der Waals surface area contributed by atoms with E-state index in [2.05, 4.69) is 5.92 Å². The molecule has 0 bridgehead atoms. The topological polar surface area (TPSA) is 55.8 Å². The van der Waals surface area contributed by atoms with E-state index in [1.165, 1.54) is 31.1 Å². The number of ketones is 1. The molecule has 0 fully saturated rings. The van der Waals surface area contributed by atoms with Crippen LogP contribution in [-0.2, 0) is 11.3 Å². The molecule has 5 nitrogen and oxygen atoms in total. The van der Waals surface area contributed by atoms with Crippen molar-refractivity contribution in [2.75, 3.05) is 20.3 Å². The minimum absolute atomic E-state index is 0.0972. The SMILES string of the molecule is C#CCN(Cc1ccc(F)cc1)C(=O)COc1ccc(C(C)=O)cc1OC. The van der Waals surface area contributed by atoms with Gasteiger partial charge in [0.25, 0.3) is 5.91 Å². The third-order valence-corrected chi connectivity index (χ3v) is 3.84. The second kappa shape index (κ2) is 9.39. The van der Waals surface area contributed by atoms with Crippen LogP contribution in [-0.4, -0.2) is 36.9 Å². The van der Waals surface area contributed by atoms with Crippen LogP contribution in [0.25, 0.3) is 0 Å². The maximum absolute atomic E-state index is 13.0. The molecular weight excluding hydrogens is 349 g/mol. The van der Waals surface area contributed by atoms with E-state index in [0.29, 0.717) is 17.1 Å². The number of amides is 1. The van der Waals surface area contributed by atoms with Crippen molar-refractivity contribution in [3.8, 4) is 23.8 Å². The van der Waals surface area contributed by atoms with Crippen molar-refractivity contribution in [1.29, 1.82) is 0 Å². The summed E-state index contributed by atoms with van der Waals surface area (Å²) in [7, 11) is 1.45. The Balaban J connectivity index is 2.06. The summed E-state index contributed by atoms with van der Waals surface area (Å²) in [5, 5.41) is 0. The van der Waals surface area contributed by atoms with Crippen molar-refractivity contribution in [2.24, 2.45) is 0 Å². The first kappa shape index (κ1) is 20.0. The van der Waals surface area contributed by atoms with Crippen LogP contribution >= 0.6 is 0 Å². The molecule has 0 spiro atoms. The minimum Gasteiger partial charge on any atom is -0.493 e. The van der Waals surface area contributed by atoms with E-state index >= 15 is 0 Å². The van der Waals surface area contributed by atoms with E-state index in [0.717, 1.165) is 5.56 Å². The van der Waals surface area contributed by atoms with Crippen molar-refractivity contribution < 1.29 is 23.5 Å². The molecule has 0 saturated carbocycles. The molecule has 0 aliphatic heterocycles. The van der Waals surface area contributed by atoms with E-state index in [9.17, 15) is 14.0 Å². The minimum atomic E-state index is -0.349. The predicted octanol–water partition coefficient (Wildman–Crippen LogP) is 3.08. The Labute approximate surface area is 157 Å². The molecule has 140 valence electrons. The standard InChI is InChI=1S/C21H20FNO4/c1-4-11-23(13-16-5-8-18(22)9-6-16)21(25)14-27-19-10-7-17(15(2)24)12-20(19)26-3/h1,5-10,12H,11,13-14H2,2-3H3. The number of hydrogen-bond acceptors (Lipinski definition) is 4. The number of ether oxygens (including phenoxy) is 2. The number of halogens is 1. The van der Waals surface area contributed by atoms with Gasteiger partial charge in [-0.05, 0) is 42.8 Å². The van der Waals surface area contributed by atoms with Crippen LogP contribution in [0.4, 0.5) is 4.39 Å². The van der Waals surface area contributed by atoms with E-state index in [-0.39, 0.29) is 37.2 Å². The first-order valence-electron chi connectivity index (χ1n) is 8.22. The van der Waals surface area contributed by atoms with E-state index < -0.39 is 0 Å². The van der Waals surface area contributed by atoms with Gasteiger partial charge < -0.3 is 14.4 Å². The van der Waals surface area contributed by atoms with Crippen molar-refractivity contribution in [1.82, 2.24) is 4.90 Å². The second-order valence-corrected chi connectivity index (χ2v) is 5.79. The molecule has 0 radical (unpaired) electrons. The Hall–Kier alpha value is -3.33. The van der Waals surface area contributed by atoms with Crippen LogP contribution in [0, 0.1) is 18.2 Å². The molecule has 2 rings (SSSR count). The Morgan fingerprint density at radius 3 is 2.44 bits per heavy atom. The molecule has 0 atom stereocenters. The molecule has 2 aromatic rings. The number of hydrogen-bond donors (Lipinski definition) is 0. The molecule has 27 heavy (non-hydrogen) atoms. The van der Waals surface area contributed by atoms with E-state index in [1.807, 2.05) is 0 Å². The Morgan fingerprint density at radius 2 is 1.85 bits per heavy atom. The maximum atomic E-state index is 13.0. The quantitative estimate of drug-likeness (QED) is 0.530. The van der Waals surface area contributed by atoms with Gasteiger partial charge in [0.15, 0.2) is 23.9 Å². The van der Waals surface area contributed by atoms with Gasteiger partial charge in [-0.2, -0.15) is 0 Å². The molecule has 0 aromatic heterocycles. The lowest BCUT2D eigenvalue weighted by atomic mass is 10.1. The molecule has 0 unspecified atom stereocenters. The van der Waals surface area contributed by atoms with Gasteiger partial charge in [0.1, 0.15) is 5.82 Å². The van der Waals surface area contributed by atoms with Crippen LogP contribution < -0.4 is 9.47 Å². The van der Waals surface area contributed by atoms with Crippen LogP contribution in [0.2, 0.25) is 0 Å². The molecule has 1 amide bonds. The highest BCUT2D eigenvalue weighted by Gasteiger charge is 2.16. The average Bonchev–Trinajstić information content (AvgIpc) is 2.67. The fraction of sp³-hybridized carbons (Fsp3) is 0.238. The summed E-state index contributed by atoms with van der Waals surface area (Å²) in [6.07, 6.45) is 5.35. The number of carbonyl (C=O) groups excluding carboxylic acids is 2. The summed E-state index contributed by atoms with van der Waals surface area (Å²) < 4.78 is 23.8. The molecule has 2 aromatic carbocycles. The number of Topliss-reactive ketones (excluding diaryl/α,β-unsaturated/α-hetero) is 1. The lowest BCUT2D eigenvalue weighted by Crippen LogP contribution is -2.34. The fourth-order valence-corrected chi connectivity index (χ4v) is 2.39. The van der Waals surface area contributed by atoms with Gasteiger partial charge in [-0.1, -0.05) is 18.1 Å². The summed E-state index contributed by atoms with van der Waals surface area (Å²) in [6, 6.07) is 10.6. The molecular formula is C21H20FNO4. The molecule has 0 saturated heterocycles. The average molecular weight is 369 g/mol. The molecule has 0 aliphatic rings. The van der Waals surface area contributed by atoms with Gasteiger partial charge in [0, 0.05) is 12.1 Å².